The Morgan fingerprint density at radius 2 is 2.21 bits per heavy atom. The zero-order valence-corrected chi connectivity index (χ0v) is 11.6. The summed E-state index contributed by atoms with van der Waals surface area (Å²) in [6, 6.07) is 8.50. The maximum atomic E-state index is 5.13. The molecule has 2 aromatic rings. The molecule has 2 rings (SSSR count). The first-order valence-electron chi connectivity index (χ1n) is 6.41. The zero-order valence-electron chi connectivity index (χ0n) is 11.6. The lowest BCUT2D eigenvalue weighted by Gasteiger charge is -2.11. The molecule has 1 heterocycles. The van der Waals surface area contributed by atoms with Crippen LogP contribution in [0.2, 0.25) is 0 Å². The Balaban J connectivity index is 2.02. The number of hydrogen-bond donors (Lipinski definition) is 1. The van der Waals surface area contributed by atoms with Crippen LogP contribution in [-0.2, 0) is 17.9 Å². The van der Waals surface area contributed by atoms with Crippen LogP contribution in [0.1, 0.15) is 31.3 Å². The summed E-state index contributed by atoms with van der Waals surface area (Å²) < 4.78 is 7.05. The highest BCUT2D eigenvalue weighted by atomic mass is 16.5. The van der Waals surface area contributed by atoms with Crippen LogP contribution in [0.4, 0.5) is 5.69 Å². The lowest BCUT2D eigenvalue weighted by molar-refractivity contribution is 0.185. The van der Waals surface area contributed by atoms with Gasteiger partial charge in [0.1, 0.15) is 12.2 Å². The third kappa shape index (κ3) is 3.54. The monoisotopic (exact) mass is 260 g/mol. The van der Waals surface area contributed by atoms with Gasteiger partial charge in [-0.15, -0.1) is 0 Å². The second kappa shape index (κ2) is 6.33. The number of aromatic nitrogens is 3. The van der Waals surface area contributed by atoms with Crippen molar-refractivity contribution >= 4 is 5.69 Å². The summed E-state index contributed by atoms with van der Waals surface area (Å²) in [5, 5.41) is 7.58. The van der Waals surface area contributed by atoms with E-state index in [9.17, 15) is 0 Å². The van der Waals surface area contributed by atoms with Gasteiger partial charge in [0.05, 0.1) is 13.2 Å². The van der Waals surface area contributed by atoms with Gasteiger partial charge in [-0.1, -0.05) is 12.1 Å². The molecule has 0 atom stereocenters. The van der Waals surface area contributed by atoms with Crippen molar-refractivity contribution in [2.24, 2.45) is 0 Å². The average Bonchev–Trinajstić information content (AvgIpc) is 2.86. The van der Waals surface area contributed by atoms with E-state index in [1.165, 1.54) is 0 Å². The van der Waals surface area contributed by atoms with Crippen molar-refractivity contribution in [3.05, 3.63) is 42.0 Å². The van der Waals surface area contributed by atoms with Gasteiger partial charge < -0.3 is 10.1 Å². The summed E-state index contributed by atoms with van der Waals surface area (Å²) in [6.45, 7) is 5.47. The second-order valence-electron chi connectivity index (χ2n) is 4.70. The molecule has 0 saturated heterocycles. The minimum atomic E-state index is 0.319. The molecule has 19 heavy (non-hydrogen) atoms. The number of nitrogens with one attached hydrogen (secondary N) is 1. The zero-order chi connectivity index (χ0) is 13.7. The molecule has 0 aliphatic carbocycles. The van der Waals surface area contributed by atoms with E-state index in [1.807, 2.05) is 22.9 Å². The number of nitrogens with zero attached hydrogens (tertiary/aromatic N) is 3. The smallest absolute Gasteiger partial charge is 0.146 e. The number of hydrogen-bond acceptors (Lipinski definition) is 4. The van der Waals surface area contributed by atoms with Gasteiger partial charge in [-0.05, 0) is 31.5 Å². The Labute approximate surface area is 113 Å². The summed E-state index contributed by atoms with van der Waals surface area (Å²) in [5.74, 6) is 0.937. The third-order valence-electron chi connectivity index (χ3n) is 2.83. The van der Waals surface area contributed by atoms with Crippen molar-refractivity contribution in [1.82, 2.24) is 14.8 Å². The van der Waals surface area contributed by atoms with E-state index in [0.717, 1.165) is 17.1 Å². The second-order valence-corrected chi connectivity index (χ2v) is 4.70. The van der Waals surface area contributed by atoms with Crippen LogP contribution in [0.5, 0.6) is 0 Å². The molecule has 5 heteroatoms. The molecule has 0 bridgehead atoms. The number of methoxy groups -OCH3 is 1. The normalized spacial score (nSPS) is 10.9. The molecule has 1 N–H and O–H groups in total. The lowest BCUT2D eigenvalue weighted by Crippen LogP contribution is -2.12. The Morgan fingerprint density at radius 1 is 1.37 bits per heavy atom. The summed E-state index contributed by atoms with van der Waals surface area (Å²) in [6.07, 6.45) is 1.60. The summed E-state index contributed by atoms with van der Waals surface area (Å²) >= 11 is 0. The molecule has 0 aliphatic rings. The predicted octanol–water partition coefficient (Wildman–Crippen LogP) is 2.62. The van der Waals surface area contributed by atoms with Crippen LogP contribution in [0.15, 0.2) is 30.6 Å². The van der Waals surface area contributed by atoms with Crippen molar-refractivity contribution in [2.45, 2.75) is 33.0 Å². The van der Waals surface area contributed by atoms with Crippen molar-refractivity contribution in [3.8, 4) is 0 Å². The number of anilines is 1. The van der Waals surface area contributed by atoms with Crippen LogP contribution in [0, 0.1) is 0 Å². The number of rotatable bonds is 6. The Kier molecular flexibility index (Phi) is 4.52. The third-order valence-corrected chi connectivity index (χ3v) is 2.83. The van der Waals surface area contributed by atoms with Crippen molar-refractivity contribution < 1.29 is 4.74 Å². The SMILES string of the molecule is COCc1cccc(NCc2ncnn2C(C)C)c1. The average molecular weight is 260 g/mol. The molecular weight excluding hydrogens is 240 g/mol. The maximum absolute atomic E-state index is 5.13. The Morgan fingerprint density at radius 3 is 2.95 bits per heavy atom. The van der Waals surface area contributed by atoms with Crippen LogP contribution in [0.3, 0.4) is 0 Å². The molecule has 0 amide bonds. The summed E-state index contributed by atoms with van der Waals surface area (Å²) in [5.41, 5.74) is 2.21. The molecule has 1 aromatic carbocycles. The van der Waals surface area contributed by atoms with Gasteiger partial charge >= 0.3 is 0 Å². The molecule has 5 nitrogen and oxygen atoms in total. The van der Waals surface area contributed by atoms with Gasteiger partial charge in [-0.2, -0.15) is 5.10 Å². The first-order valence-corrected chi connectivity index (χ1v) is 6.41. The Hall–Kier alpha value is -1.88. The van der Waals surface area contributed by atoms with Crippen LogP contribution in [-0.4, -0.2) is 21.9 Å². The van der Waals surface area contributed by atoms with Gasteiger partial charge in [0.25, 0.3) is 0 Å². The molecule has 0 aliphatic heterocycles. The van der Waals surface area contributed by atoms with E-state index in [2.05, 4.69) is 35.3 Å². The molecule has 0 unspecified atom stereocenters. The van der Waals surface area contributed by atoms with E-state index in [4.69, 9.17) is 4.74 Å². The van der Waals surface area contributed by atoms with Gasteiger partial charge in [0.15, 0.2) is 0 Å². The first kappa shape index (κ1) is 13.5. The van der Waals surface area contributed by atoms with Crippen molar-refractivity contribution in [3.63, 3.8) is 0 Å². The minimum Gasteiger partial charge on any atom is -0.380 e. The fraction of sp³-hybridized carbons (Fsp3) is 0.429. The highest BCUT2D eigenvalue weighted by molar-refractivity contribution is 5.45. The van der Waals surface area contributed by atoms with E-state index < -0.39 is 0 Å². The van der Waals surface area contributed by atoms with Crippen molar-refractivity contribution in [1.29, 1.82) is 0 Å². The highest BCUT2D eigenvalue weighted by Crippen LogP contribution is 2.13. The van der Waals surface area contributed by atoms with Gasteiger partial charge in [-0.25, -0.2) is 9.67 Å². The van der Waals surface area contributed by atoms with Crippen LogP contribution < -0.4 is 5.32 Å². The molecule has 0 fully saturated rings. The summed E-state index contributed by atoms with van der Waals surface area (Å²) in [4.78, 5) is 4.28. The van der Waals surface area contributed by atoms with Crippen LogP contribution >= 0.6 is 0 Å². The van der Waals surface area contributed by atoms with E-state index >= 15 is 0 Å². The van der Waals surface area contributed by atoms with Gasteiger partial charge in [0, 0.05) is 18.8 Å². The molecule has 1 aromatic heterocycles. The fourth-order valence-corrected chi connectivity index (χ4v) is 1.95. The number of ether oxygens (including phenoxy) is 1. The summed E-state index contributed by atoms with van der Waals surface area (Å²) in [7, 11) is 1.70. The van der Waals surface area contributed by atoms with E-state index in [-0.39, 0.29) is 0 Å². The minimum absolute atomic E-state index is 0.319. The molecular formula is C14H20N4O. The largest absolute Gasteiger partial charge is 0.380 e. The quantitative estimate of drug-likeness (QED) is 0.867. The molecule has 102 valence electrons. The standard InChI is InChI=1S/C14H20N4O/c1-11(2)18-14(16-10-17-18)8-15-13-6-4-5-12(7-13)9-19-3/h4-7,10-11,15H,8-9H2,1-3H3. The molecule has 0 radical (unpaired) electrons. The number of benzene rings is 1. The van der Waals surface area contributed by atoms with Gasteiger partial charge in [-0.3, -0.25) is 0 Å². The maximum Gasteiger partial charge on any atom is 0.146 e. The lowest BCUT2D eigenvalue weighted by atomic mass is 10.2. The Bertz CT molecular complexity index is 522. The highest BCUT2D eigenvalue weighted by Gasteiger charge is 2.07. The van der Waals surface area contributed by atoms with E-state index in [0.29, 0.717) is 19.2 Å². The van der Waals surface area contributed by atoms with E-state index in [1.54, 1.807) is 13.4 Å². The first-order chi connectivity index (χ1) is 9.20. The fourth-order valence-electron chi connectivity index (χ4n) is 1.95. The molecule has 0 spiro atoms. The van der Waals surface area contributed by atoms with Crippen molar-refractivity contribution in [2.75, 3.05) is 12.4 Å². The van der Waals surface area contributed by atoms with Crippen LogP contribution in [0.25, 0.3) is 0 Å². The molecule has 0 saturated carbocycles. The topological polar surface area (TPSA) is 52.0 Å². The van der Waals surface area contributed by atoms with Gasteiger partial charge in [0.2, 0.25) is 0 Å². The predicted molar refractivity (Wildman–Crippen MR) is 74.9 cm³/mol.